The van der Waals surface area contributed by atoms with E-state index < -0.39 is 4.92 Å². The van der Waals surface area contributed by atoms with Gasteiger partial charge >= 0.3 is 0 Å². The van der Waals surface area contributed by atoms with E-state index in [9.17, 15) is 14.9 Å². The summed E-state index contributed by atoms with van der Waals surface area (Å²) in [6.45, 7) is 0. The molecular formula is C17H15ClN2O5. The Balaban J connectivity index is 2.18. The van der Waals surface area contributed by atoms with Crippen LogP contribution in [0.1, 0.15) is 10.4 Å². The van der Waals surface area contributed by atoms with Crippen LogP contribution >= 0.6 is 11.6 Å². The number of nitrogens with zero attached hydrogens (tertiary/aromatic N) is 1. The normalized spacial score (nSPS) is 10.5. The van der Waals surface area contributed by atoms with Crippen LogP contribution in [-0.2, 0) is 0 Å². The molecule has 0 aliphatic rings. The molecule has 8 heteroatoms. The van der Waals surface area contributed by atoms with Gasteiger partial charge in [0.2, 0.25) is 0 Å². The fourth-order valence-electron chi connectivity index (χ4n) is 2.08. The van der Waals surface area contributed by atoms with Crippen molar-refractivity contribution < 1.29 is 19.2 Å². The maximum absolute atomic E-state index is 12.3. The average molecular weight is 363 g/mol. The van der Waals surface area contributed by atoms with Gasteiger partial charge in [0.1, 0.15) is 17.2 Å². The van der Waals surface area contributed by atoms with Crippen molar-refractivity contribution in [1.29, 1.82) is 0 Å². The van der Waals surface area contributed by atoms with Gasteiger partial charge in [0.25, 0.3) is 5.69 Å². The minimum Gasteiger partial charge on any atom is -0.497 e. The number of benzene rings is 2. The number of carbonyl (C=O) groups is 1. The predicted molar refractivity (Wildman–Crippen MR) is 94.7 cm³/mol. The number of ether oxygens (including phenoxy) is 2. The Bertz CT molecular complexity index is 836. The van der Waals surface area contributed by atoms with Crippen LogP contribution in [0.3, 0.4) is 0 Å². The first kappa shape index (κ1) is 18.3. The van der Waals surface area contributed by atoms with E-state index >= 15 is 0 Å². The number of ketones is 1. The van der Waals surface area contributed by atoms with Crippen LogP contribution < -0.4 is 14.8 Å². The molecule has 0 bridgehead atoms. The summed E-state index contributed by atoms with van der Waals surface area (Å²) in [6.07, 6.45) is 2.57. The minimum absolute atomic E-state index is 0.188. The van der Waals surface area contributed by atoms with E-state index in [2.05, 4.69) is 5.32 Å². The van der Waals surface area contributed by atoms with Gasteiger partial charge in [0, 0.05) is 29.4 Å². The molecular weight excluding hydrogens is 348 g/mol. The monoisotopic (exact) mass is 362 g/mol. The van der Waals surface area contributed by atoms with Crippen LogP contribution in [0.4, 0.5) is 11.4 Å². The van der Waals surface area contributed by atoms with E-state index in [1.54, 1.807) is 18.2 Å². The second kappa shape index (κ2) is 8.16. The zero-order chi connectivity index (χ0) is 18.4. The Morgan fingerprint density at radius 3 is 2.60 bits per heavy atom. The zero-order valence-electron chi connectivity index (χ0n) is 13.5. The van der Waals surface area contributed by atoms with Crippen LogP contribution in [-0.4, -0.2) is 24.9 Å². The Hall–Kier alpha value is -3.06. The first-order chi connectivity index (χ1) is 12.0. The number of nitro groups is 1. The van der Waals surface area contributed by atoms with Crippen LogP contribution in [0.2, 0.25) is 5.02 Å². The van der Waals surface area contributed by atoms with Gasteiger partial charge in [-0.25, -0.2) is 0 Å². The highest BCUT2D eigenvalue weighted by molar-refractivity contribution is 6.30. The highest BCUT2D eigenvalue weighted by Crippen LogP contribution is 2.28. The highest BCUT2D eigenvalue weighted by Gasteiger charge is 2.14. The summed E-state index contributed by atoms with van der Waals surface area (Å²) in [4.78, 5) is 22.7. The molecule has 0 amide bonds. The Labute approximate surface area is 149 Å². The fourth-order valence-corrected chi connectivity index (χ4v) is 2.24. The number of allylic oxidation sites excluding steroid dienone is 1. The van der Waals surface area contributed by atoms with E-state index in [0.717, 1.165) is 0 Å². The molecule has 7 nitrogen and oxygen atoms in total. The molecule has 0 aromatic heterocycles. The van der Waals surface area contributed by atoms with Crippen LogP contribution in [0.25, 0.3) is 0 Å². The maximum atomic E-state index is 12.3. The standard InChI is InChI=1S/C17H15ClN2O5/c1-24-12-4-5-13(17(10-12)25-2)16(21)7-8-19-14-6-3-11(18)9-15(14)20(22)23/h3-10,19H,1-2H3/b8-7-. The molecule has 2 rings (SSSR count). The van der Waals surface area contributed by atoms with E-state index in [1.165, 1.54) is 44.7 Å². The summed E-state index contributed by atoms with van der Waals surface area (Å²) in [5.41, 5.74) is 0.374. The third-order valence-electron chi connectivity index (χ3n) is 3.30. The molecule has 0 heterocycles. The first-order valence-corrected chi connectivity index (χ1v) is 7.47. The molecule has 0 aliphatic heterocycles. The van der Waals surface area contributed by atoms with Gasteiger partial charge in [-0.05, 0) is 24.3 Å². The first-order valence-electron chi connectivity index (χ1n) is 7.09. The summed E-state index contributed by atoms with van der Waals surface area (Å²) in [5, 5.41) is 14.0. The van der Waals surface area contributed by atoms with Gasteiger partial charge in [0.15, 0.2) is 5.78 Å². The van der Waals surface area contributed by atoms with Gasteiger partial charge in [0.05, 0.1) is 24.7 Å². The van der Waals surface area contributed by atoms with Gasteiger partial charge in [-0.2, -0.15) is 0 Å². The highest BCUT2D eigenvalue weighted by atomic mass is 35.5. The van der Waals surface area contributed by atoms with E-state index in [0.29, 0.717) is 17.1 Å². The lowest BCUT2D eigenvalue weighted by molar-refractivity contribution is -0.383. The van der Waals surface area contributed by atoms with E-state index in [4.69, 9.17) is 21.1 Å². The molecule has 25 heavy (non-hydrogen) atoms. The summed E-state index contributed by atoms with van der Waals surface area (Å²) < 4.78 is 10.3. The predicted octanol–water partition coefficient (Wildman–Crippen LogP) is 4.07. The zero-order valence-corrected chi connectivity index (χ0v) is 14.2. The lowest BCUT2D eigenvalue weighted by Crippen LogP contribution is -2.01. The molecule has 2 aromatic rings. The SMILES string of the molecule is COc1ccc(C(=O)/C=C\Nc2ccc(Cl)cc2[N+](=O)[O-])c(OC)c1. The largest absolute Gasteiger partial charge is 0.497 e. The lowest BCUT2D eigenvalue weighted by Gasteiger charge is -2.08. The summed E-state index contributed by atoms with van der Waals surface area (Å²) in [6, 6.07) is 9.02. The Kier molecular flexibility index (Phi) is 5.97. The molecule has 0 saturated heterocycles. The van der Waals surface area contributed by atoms with Crippen LogP contribution in [0, 0.1) is 10.1 Å². The summed E-state index contributed by atoms with van der Waals surface area (Å²) in [5.74, 6) is 0.599. The number of methoxy groups -OCH3 is 2. The van der Waals surface area contributed by atoms with Gasteiger partial charge in [-0.3, -0.25) is 14.9 Å². The van der Waals surface area contributed by atoms with E-state index in [1.807, 2.05) is 0 Å². The molecule has 0 fully saturated rings. The topological polar surface area (TPSA) is 90.7 Å². The van der Waals surface area contributed by atoms with Crippen molar-refractivity contribution in [3.05, 3.63) is 69.4 Å². The number of carbonyl (C=O) groups excluding carboxylic acids is 1. The quantitative estimate of drug-likeness (QED) is 0.345. The molecule has 2 aromatic carbocycles. The van der Waals surface area contributed by atoms with Crippen LogP contribution in [0.5, 0.6) is 11.5 Å². The van der Waals surface area contributed by atoms with Gasteiger partial charge < -0.3 is 14.8 Å². The number of hydrogen-bond acceptors (Lipinski definition) is 6. The van der Waals surface area contributed by atoms with Crippen LogP contribution in [0.15, 0.2) is 48.7 Å². The minimum atomic E-state index is -0.559. The number of anilines is 1. The summed E-state index contributed by atoms with van der Waals surface area (Å²) >= 11 is 5.76. The third-order valence-corrected chi connectivity index (χ3v) is 3.54. The Morgan fingerprint density at radius 1 is 1.20 bits per heavy atom. The number of halogens is 1. The molecule has 130 valence electrons. The second-order valence-corrected chi connectivity index (χ2v) is 5.26. The van der Waals surface area contributed by atoms with Gasteiger partial charge in [-0.1, -0.05) is 11.6 Å². The van der Waals surface area contributed by atoms with Crippen molar-refractivity contribution in [3.8, 4) is 11.5 Å². The van der Waals surface area contributed by atoms with Crippen molar-refractivity contribution in [1.82, 2.24) is 0 Å². The number of nitrogens with one attached hydrogen (secondary N) is 1. The molecule has 1 N–H and O–H groups in total. The van der Waals surface area contributed by atoms with Crippen molar-refractivity contribution in [3.63, 3.8) is 0 Å². The fraction of sp³-hybridized carbons (Fsp3) is 0.118. The molecule has 0 saturated carbocycles. The number of rotatable bonds is 7. The Morgan fingerprint density at radius 2 is 1.96 bits per heavy atom. The van der Waals surface area contributed by atoms with Crippen molar-refractivity contribution in [2.75, 3.05) is 19.5 Å². The molecule has 0 atom stereocenters. The second-order valence-electron chi connectivity index (χ2n) is 4.83. The molecule has 0 spiro atoms. The van der Waals surface area contributed by atoms with E-state index in [-0.39, 0.29) is 22.2 Å². The third kappa shape index (κ3) is 4.48. The number of nitro benzene ring substituents is 1. The lowest BCUT2D eigenvalue weighted by atomic mass is 10.1. The van der Waals surface area contributed by atoms with Crippen molar-refractivity contribution in [2.24, 2.45) is 0 Å². The molecule has 0 aliphatic carbocycles. The number of hydrogen-bond donors (Lipinski definition) is 1. The van der Waals surface area contributed by atoms with Crippen molar-refractivity contribution >= 4 is 28.8 Å². The van der Waals surface area contributed by atoms with Gasteiger partial charge in [-0.15, -0.1) is 0 Å². The average Bonchev–Trinajstić information content (AvgIpc) is 2.61. The summed E-state index contributed by atoms with van der Waals surface area (Å²) in [7, 11) is 2.96. The van der Waals surface area contributed by atoms with Crippen molar-refractivity contribution in [2.45, 2.75) is 0 Å². The molecule has 0 unspecified atom stereocenters. The molecule has 0 radical (unpaired) electrons. The smallest absolute Gasteiger partial charge is 0.294 e. The maximum Gasteiger partial charge on any atom is 0.294 e.